The molecule has 0 radical (unpaired) electrons. The second-order valence-electron chi connectivity index (χ2n) is 7.99. The van der Waals surface area contributed by atoms with Crippen molar-refractivity contribution in [2.45, 2.75) is 90.4 Å². The van der Waals surface area contributed by atoms with Crippen LogP contribution in [0.15, 0.2) is 24.3 Å². The molecule has 2 fully saturated rings. The number of ether oxygens (including phenoxy) is 1. The number of phenols is 1. The van der Waals surface area contributed by atoms with Gasteiger partial charge in [-0.05, 0) is 49.1 Å². The monoisotopic (exact) mass is 346 g/mol. The summed E-state index contributed by atoms with van der Waals surface area (Å²) in [4.78, 5) is 0. The standard InChI is InChI=1S/C16H30.C7H8O2/c1-2-16(13-9-5-6-10-14-16)15-11-7-3-4-8-12-15;1-9-7-5-3-2-4-6(7)8/h15H,2-14H2,1H3;2-5,8H,1H3. The fourth-order valence-electron chi connectivity index (χ4n) is 5.00. The van der Waals surface area contributed by atoms with Gasteiger partial charge < -0.3 is 9.84 Å². The molecule has 0 amide bonds. The Labute approximate surface area is 155 Å². The summed E-state index contributed by atoms with van der Waals surface area (Å²) in [7, 11) is 1.52. The van der Waals surface area contributed by atoms with Crippen LogP contribution in [0.1, 0.15) is 90.4 Å². The van der Waals surface area contributed by atoms with E-state index in [4.69, 9.17) is 9.84 Å². The molecule has 0 aliphatic heterocycles. The van der Waals surface area contributed by atoms with E-state index in [9.17, 15) is 0 Å². The number of methoxy groups -OCH3 is 1. The summed E-state index contributed by atoms with van der Waals surface area (Å²) in [6, 6.07) is 6.84. The Kier molecular flexibility index (Phi) is 8.64. The van der Waals surface area contributed by atoms with Crippen LogP contribution in [0.2, 0.25) is 0 Å². The minimum atomic E-state index is 0.181. The molecule has 1 aromatic rings. The van der Waals surface area contributed by atoms with Crippen molar-refractivity contribution >= 4 is 0 Å². The molecule has 2 aliphatic carbocycles. The van der Waals surface area contributed by atoms with Crippen molar-refractivity contribution in [3.63, 3.8) is 0 Å². The minimum Gasteiger partial charge on any atom is -0.504 e. The fraction of sp³-hybridized carbons (Fsp3) is 0.739. The molecule has 0 heterocycles. The van der Waals surface area contributed by atoms with Gasteiger partial charge in [-0.3, -0.25) is 0 Å². The van der Waals surface area contributed by atoms with E-state index in [0.29, 0.717) is 5.75 Å². The normalized spacial score (nSPS) is 21.4. The molecular weight excluding hydrogens is 308 g/mol. The maximum atomic E-state index is 8.99. The molecule has 25 heavy (non-hydrogen) atoms. The van der Waals surface area contributed by atoms with E-state index in [1.807, 2.05) is 0 Å². The smallest absolute Gasteiger partial charge is 0.160 e. The zero-order chi connectivity index (χ0) is 18.0. The maximum Gasteiger partial charge on any atom is 0.160 e. The van der Waals surface area contributed by atoms with Gasteiger partial charge in [-0.2, -0.15) is 0 Å². The zero-order valence-corrected chi connectivity index (χ0v) is 16.4. The Balaban J connectivity index is 0.000000212. The van der Waals surface area contributed by atoms with Crippen molar-refractivity contribution < 1.29 is 9.84 Å². The summed E-state index contributed by atoms with van der Waals surface area (Å²) in [6.07, 6.45) is 19.8. The zero-order valence-electron chi connectivity index (χ0n) is 16.4. The molecule has 0 spiro atoms. The Morgan fingerprint density at radius 3 is 1.96 bits per heavy atom. The first-order chi connectivity index (χ1) is 12.2. The van der Waals surface area contributed by atoms with Crippen molar-refractivity contribution in [3.05, 3.63) is 24.3 Å². The maximum absolute atomic E-state index is 8.99. The highest BCUT2D eigenvalue weighted by atomic mass is 16.5. The first-order valence-corrected chi connectivity index (χ1v) is 10.5. The molecule has 2 aliphatic rings. The topological polar surface area (TPSA) is 29.5 Å². The van der Waals surface area contributed by atoms with Gasteiger partial charge in [-0.1, -0.05) is 76.8 Å². The number of para-hydroxylation sites is 2. The van der Waals surface area contributed by atoms with E-state index in [1.54, 1.807) is 49.9 Å². The number of hydrogen-bond acceptors (Lipinski definition) is 2. The Morgan fingerprint density at radius 1 is 0.920 bits per heavy atom. The minimum absolute atomic E-state index is 0.181. The molecule has 3 rings (SSSR count). The highest BCUT2D eigenvalue weighted by Crippen LogP contribution is 2.48. The number of benzene rings is 1. The highest BCUT2D eigenvalue weighted by molar-refractivity contribution is 5.37. The second kappa shape index (κ2) is 10.7. The summed E-state index contributed by atoms with van der Waals surface area (Å²) >= 11 is 0. The molecule has 2 heteroatoms. The third-order valence-electron chi connectivity index (χ3n) is 6.61. The van der Waals surface area contributed by atoms with Crippen LogP contribution < -0.4 is 4.74 Å². The number of aromatic hydroxyl groups is 1. The Morgan fingerprint density at radius 2 is 1.48 bits per heavy atom. The van der Waals surface area contributed by atoms with E-state index in [2.05, 4.69) is 6.92 Å². The van der Waals surface area contributed by atoms with E-state index in [1.165, 1.54) is 64.9 Å². The van der Waals surface area contributed by atoms with Gasteiger partial charge in [0.05, 0.1) is 7.11 Å². The fourth-order valence-corrected chi connectivity index (χ4v) is 5.00. The molecule has 1 N–H and O–H groups in total. The van der Waals surface area contributed by atoms with Crippen LogP contribution in [0.3, 0.4) is 0 Å². The molecule has 0 unspecified atom stereocenters. The van der Waals surface area contributed by atoms with E-state index < -0.39 is 0 Å². The SMILES string of the molecule is CCC1(C2CCCCCC2)CCCCCC1.COc1ccccc1O. The Hall–Kier alpha value is -1.18. The van der Waals surface area contributed by atoms with Crippen LogP contribution in [0.5, 0.6) is 11.5 Å². The van der Waals surface area contributed by atoms with Gasteiger partial charge in [0, 0.05) is 0 Å². The summed E-state index contributed by atoms with van der Waals surface area (Å²) in [5, 5.41) is 8.99. The molecule has 0 atom stereocenters. The van der Waals surface area contributed by atoms with E-state index in [-0.39, 0.29) is 5.75 Å². The van der Waals surface area contributed by atoms with Gasteiger partial charge in [-0.15, -0.1) is 0 Å². The van der Waals surface area contributed by atoms with Crippen molar-refractivity contribution in [3.8, 4) is 11.5 Å². The predicted octanol–water partition coefficient (Wildman–Crippen LogP) is 7.11. The molecule has 0 saturated heterocycles. The number of hydrogen-bond donors (Lipinski definition) is 1. The van der Waals surface area contributed by atoms with E-state index >= 15 is 0 Å². The number of rotatable bonds is 3. The van der Waals surface area contributed by atoms with Crippen molar-refractivity contribution in [1.29, 1.82) is 0 Å². The van der Waals surface area contributed by atoms with Gasteiger partial charge in [0.15, 0.2) is 11.5 Å². The molecule has 1 aromatic carbocycles. The first-order valence-electron chi connectivity index (χ1n) is 10.5. The van der Waals surface area contributed by atoms with Crippen LogP contribution in [0.4, 0.5) is 0 Å². The lowest BCUT2D eigenvalue weighted by Gasteiger charge is -2.40. The van der Waals surface area contributed by atoms with Gasteiger partial charge in [0.1, 0.15) is 0 Å². The first kappa shape index (κ1) is 20.1. The lowest BCUT2D eigenvalue weighted by atomic mass is 9.65. The average molecular weight is 347 g/mol. The lowest BCUT2D eigenvalue weighted by Crippen LogP contribution is -2.29. The number of phenolic OH excluding ortho intramolecular Hbond substituents is 1. The largest absolute Gasteiger partial charge is 0.504 e. The third kappa shape index (κ3) is 5.94. The lowest BCUT2D eigenvalue weighted by molar-refractivity contribution is 0.109. The molecular formula is C23H38O2. The van der Waals surface area contributed by atoms with Crippen LogP contribution in [-0.2, 0) is 0 Å². The third-order valence-corrected chi connectivity index (χ3v) is 6.61. The van der Waals surface area contributed by atoms with Crippen LogP contribution in [0, 0.1) is 11.3 Å². The van der Waals surface area contributed by atoms with Crippen LogP contribution >= 0.6 is 0 Å². The van der Waals surface area contributed by atoms with Gasteiger partial charge in [0.2, 0.25) is 0 Å². The summed E-state index contributed by atoms with van der Waals surface area (Å²) in [5.74, 6) is 1.77. The van der Waals surface area contributed by atoms with Gasteiger partial charge in [0.25, 0.3) is 0 Å². The van der Waals surface area contributed by atoms with Crippen molar-refractivity contribution in [2.75, 3.05) is 7.11 Å². The average Bonchev–Trinajstić information content (AvgIpc) is 3.06. The predicted molar refractivity (Wildman–Crippen MR) is 106 cm³/mol. The molecule has 2 saturated carbocycles. The van der Waals surface area contributed by atoms with Crippen molar-refractivity contribution in [1.82, 2.24) is 0 Å². The Bertz CT molecular complexity index is 467. The molecule has 0 bridgehead atoms. The van der Waals surface area contributed by atoms with Gasteiger partial charge in [-0.25, -0.2) is 0 Å². The molecule has 2 nitrogen and oxygen atoms in total. The van der Waals surface area contributed by atoms with Crippen LogP contribution in [0.25, 0.3) is 0 Å². The van der Waals surface area contributed by atoms with Crippen molar-refractivity contribution in [2.24, 2.45) is 11.3 Å². The quantitative estimate of drug-likeness (QED) is 0.591. The highest BCUT2D eigenvalue weighted by Gasteiger charge is 2.36. The summed E-state index contributed by atoms with van der Waals surface area (Å²) in [5.41, 5.74) is 0.765. The van der Waals surface area contributed by atoms with E-state index in [0.717, 1.165) is 11.3 Å². The van der Waals surface area contributed by atoms with Crippen LogP contribution in [-0.4, -0.2) is 12.2 Å². The summed E-state index contributed by atoms with van der Waals surface area (Å²) in [6.45, 7) is 2.47. The molecule has 0 aromatic heterocycles. The summed E-state index contributed by atoms with van der Waals surface area (Å²) < 4.78 is 4.79. The molecule has 142 valence electrons. The van der Waals surface area contributed by atoms with Gasteiger partial charge >= 0.3 is 0 Å². The second-order valence-corrected chi connectivity index (χ2v) is 7.99.